The monoisotopic (exact) mass is 194 g/mol. The Hall–Kier alpha value is -0.660. The minimum absolute atomic E-state index is 0.0405. The van der Waals surface area contributed by atoms with Crippen LogP contribution in [-0.2, 0) is 10.2 Å². The molecule has 72 valence electrons. The minimum Gasteiger partial charge on any atom is -0.388 e. The molecule has 0 spiro atoms. The average Bonchev–Trinajstić information content (AvgIpc) is 1.84. The van der Waals surface area contributed by atoms with E-state index in [1.807, 2.05) is 0 Å². The van der Waals surface area contributed by atoms with Crippen molar-refractivity contribution in [2.24, 2.45) is 5.73 Å². The van der Waals surface area contributed by atoms with Gasteiger partial charge in [0.05, 0.1) is 5.84 Å². The molecule has 0 aliphatic rings. The van der Waals surface area contributed by atoms with Crippen LogP contribution in [0.5, 0.6) is 0 Å². The summed E-state index contributed by atoms with van der Waals surface area (Å²) in [6, 6.07) is -0.361. The Morgan fingerprint density at radius 3 is 2.50 bits per heavy atom. The van der Waals surface area contributed by atoms with Crippen LogP contribution in [-0.4, -0.2) is 27.3 Å². The lowest BCUT2D eigenvalue weighted by Crippen LogP contribution is -2.41. The predicted molar refractivity (Wildman–Crippen MR) is 47.1 cm³/mol. The van der Waals surface area contributed by atoms with E-state index in [1.54, 1.807) is 6.92 Å². The van der Waals surface area contributed by atoms with Crippen molar-refractivity contribution < 1.29 is 8.42 Å². The van der Waals surface area contributed by atoms with Crippen LogP contribution in [0.2, 0.25) is 0 Å². The molecule has 0 radical (unpaired) electrons. The summed E-state index contributed by atoms with van der Waals surface area (Å²) in [7, 11) is -2.11. The van der Waals surface area contributed by atoms with Crippen molar-refractivity contribution in [3.8, 4) is 0 Å². The predicted octanol–water partition coefficient (Wildman–Crippen LogP) is -1.25. The third-order valence-electron chi connectivity index (χ3n) is 1.15. The number of nitrogens with two attached hydrogens (primary N) is 1. The van der Waals surface area contributed by atoms with Gasteiger partial charge in [0, 0.05) is 19.5 Å². The van der Waals surface area contributed by atoms with Crippen LogP contribution >= 0.6 is 0 Å². The molecule has 0 heterocycles. The van der Waals surface area contributed by atoms with E-state index in [2.05, 4.69) is 9.44 Å². The Morgan fingerprint density at radius 1 is 1.67 bits per heavy atom. The Morgan fingerprint density at radius 2 is 2.17 bits per heavy atom. The lowest BCUT2D eigenvalue weighted by molar-refractivity contribution is 0.556. The smallest absolute Gasteiger partial charge is 0.276 e. The van der Waals surface area contributed by atoms with Gasteiger partial charge in [0.25, 0.3) is 10.2 Å². The Balaban J connectivity index is 4.01. The number of amidine groups is 1. The highest BCUT2D eigenvalue weighted by Crippen LogP contribution is 1.90. The number of nitrogens with one attached hydrogen (secondary N) is 3. The maximum Gasteiger partial charge on any atom is 0.276 e. The summed E-state index contributed by atoms with van der Waals surface area (Å²) >= 11 is 0. The van der Waals surface area contributed by atoms with Gasteiger partial charge < -0.3 is 5.73 Å². The second-order valence-electron chi connectivity index (χ2n) is 2.46. The van der Waals surface area contributed by atoms with E-state index in [4.69, 9.17) is 11.1 Å². The summed E-state index contributed by atoms with van der Waals surface area (Å²) in [5.74, 6) is -0.0405. The van der Waals surface area contributed by atoms with E-state index in [1.165, 1.54) is 7.05 Å². The number of hydrogen-bond acceptors (Lipinski definition) is 3. The first-order valence-electron chi connectivity index (χ1n) is 3.41. The van der Waals surface area contributed by atoms with Crippen LogP contribution in [0.4, 0.5) is 0 Å². The summed E-state index contributed by atoms with van der Waals surface area (Å²) in [6.45, 7) is 1.64. The molecule has 0 fully saturated rings. The van der Waals surface area contributed by atoms with Crippen molar-refractivity contribution in [3.63, 3.8) is 0 Å². The molecular formula is C5H14N4O2S. The summed E-state index contributed by atoms with van der Waals surface area (Å²) in [6.07, 6.45) is 0.209. The van der Waals surface area contributed by atoms with E-state index in [9.17, 15) is 8.42 Å². The molecule has 0 aromatic rings. The summed E-state index contributed by atoms with van der Waals surface area (Å²) < 4.78 is 26.1. The second kappa shape index (κ2) is 4.39. The first kappa shape index (κ1) is 11.3. The fourth-order valence-corrected chi connectivity index (χ4v) is 1.43. The molecule has 6 nitrogen and oxygen atoms in total. The topological polar surface area (TPSA) is 108 Å². The highest BCUT2D eigenvalue weighted by molar-refractivity contribution is 7.87. The SMILES string of the molecule is CNS(=O)(=O)NC(C)CC(=N)N. The molecule has 0 saturated carbocycles. The number of hydrogen-bond donors (Lipinski definition) is 4. The molecule has 0 aromatic heterocycles. The van der Waals surface area contributed by atoms with Crippen molar-refractivity contribution in [3.05, 3.63) is 0 Å². The maximum atomic E-state index is 10.9. The van der Waals surface area contributed by atoms with E-state index in [-0.39, 0.29) is 18.3 Å². The summed E-state index contributed by atoms with van der Waals surface area (Å²) in [4.78, 5) is 0. The van der Waals surface area contributed by atoms with E-state index in [0.717, 1.165) is 0 Å². The minimum atomic E-state index is -3.42. The zero-order valence-electron chi connectivity index (χ0n) is 7.09. The molecule has 1 atom stereocenters. The summed E-state index contributed by atoms with van der Waals surface area (Å²) in [5, 5.41) is 6.91. The van der Waals surface area contributed by atoms with Gasteiger partial charge in [0.1, 0.15) is 0 Å². The molecule has 0 bridgehead atoms. The van der Waals surface area contributed by atoms with Crippen molar-refractivity contribution in [1.82, 2.24) is 9.44 Å². The average molecular weight is 194 g/mol. The lowest BCUT2D eigenvalue weighted by Gasteiger charge is -2.11. The molecule has 5 N–H and O–H groups in total. The number of rotatable bonds is 5. The van der Waals surface area contributed by atoms with Crippen LogP contribution in [0.25, 0.3) is 0 Å². The molecule has 12 heavy (non-hydrogen) atoms. The molecule has 0 amide bonds. The van der Waals surface area contributed by atoms with Crippen LogP contribution < -0.4 is 15.2 Å². The van der Waals surface area contributed by atoms with Gasteiger partial charge in [0.2, 0.25) is 0 Å². The molecule has 0 aromatic carbocycles. The first-order valence-corrected chi connectivity index (χ1v) is 4.89. The second-order valence-corrected chi connectivity index (χ2v) is 4.11. The Kier molecular flexibility index (Phi) is 4.15. The van der Waals surface area contributed by atoms with E-state index >= 15 is 0 Å². The molecule has 1 unspecified atom stereocenters. The van der Waals surface area contributed by atoms with Crippen molar-refractivity contribution in [1.29, 1.82) is 5.41 Å². The molecule has 0 aliphatic carbocycles. The van der Waals surface area contributed by atoms with Gasteiger partial charge in [-0.2, -0.15) is 13.1 Å². The third-order valence-corrected chi connectivity index (χ3v) is 2.40. The molecule has 0 saturated heterocycles. The molecule has 0 rings (SSSR count). The highest BCUT2D eigenvalue weighted by Gasteiger charge is 2.11. The zero-order valence-corrected chi connectivity index (χ0v) is 7.90. The van der Waals surface area contributed by atoms with Gasteiger partial charge in [0.15, 0.2) is 0 Å². The van der Waals surface area contributed by atoms with Crippen LogP contribution in [0.15, 0.2) is 0 Å². The van der Waals surface area contributed by atoms with Gasteiger partial charge in [-0.05, 0) is 6.92 Å². The van der Waals surface area contributed by atoms with E-state index in [0.29, 0.717) is 0 Å². The standard InChI is InChI=1S/C5H14N4O2S/c1-4(3-5(6)7)9-12(10,11)8-2/h4,8-9H,3H2,1-2H3,(H3,6,7). The van der Waals surface area contributed by atoms with Crippen molar-refractivity contribution in [2.75, 3.05) is 7.05 Å². The fraction of sp³-hybridized carbons (Fsp3) is 0.800. The van der Waals surface area contributed by atoms with Crippen molar-refractivity contribution in [2.45, 2.75) is 19.4 Å². The van der Waals surface area contributed by atoms with E-state index < -0.39 is 10.2 Å². The van der Waals surface area contributed by atoms with Crippen molar-refractivity contribution >= 4 is 16.0 Å². The Labute approximate surface area is 72.2 Å². The lowest BCUT2D eigenvalue weighted by atomic mass is 10.2. The zero-order chi connectivity index (χ0) is 9.78. The van der Waals surface area contributed by atoms with Gasteiger partial charge in [-0.15, -0.1) is 0 Å². The van der Waals surface area contributed by atoms with Gasteiger partial charge in [-0.3, -0.25) is 5.41 Å². The van der Waals surface area contributed by atoms with Crippen LogP contribution in [0, 0.1) is 5.41 Å². The Bertz CT molecular complexity index is 248. The largest absolute Gasteiger partial charge is 0.388 e. The fourth-order valence-electron chi connectivity index (χ4n) is 0.695. The quantitative estimate of drug-likeness (QED) is 0.324. The third kappa shape index (κ3) is 5.05. The summed E-state index contributed by atoms with van der Waals surface area (Å²) in [5.41, 5.74) is 5.08. The molecule has 0 aliphatic heterocycles. The molecule has 7 heteroatoms. The first-order chi connectivity index (χ1) is 5.37. The normalized spacial score (nSPS) is 14.2. The van der Waals surface area contributed by atoms with Crippen LogP contribution in [0.1, 0.15) is 13.3 Å². The van der Waals surface area contributed by atoms with Gasteiger partial charge >= 0.3 is 0 Å². The van der Waals surface area contributed by atoms with Crippen LogP contribution in [0.3, 0.4) is 0 Å². The van der Waals surface area contributed by atoms with Gasteiger partial charge in [-0.1, -0.05) is 0 Å². The highest BCUT2D eigenvalue weighted by atomic mass is 32.2. The molecular weight excluding hydrogens is 180 g/mol. The maximum absolute atomic E-state index is 10.9. The van der Waals surface area contributed by atoms with Gasteiger partial charge in [-0.25, -0.2) is 4.72 Å².